The molecule has 0 aliphatic heterocycles. The maximum atomic E-state index is 11.9. The molecule has 1 aromatic carbocycles. The monoisotopic (exact) mass is 306 g/mol. The van der Waals surface area contributed by atoms with Crippen molar-refractivity contribution >= 4 is 17.9 Å². The second-order valence-electron chi connectivity index (χ2n) is 4.68. The van der Waals surface area contributed by atoms with Gasteiger partial charge in [0.2, 0.25) is 6.29 Å². The first-order valence-electron chi connectivity index (χ1n) is 6.66. The summed E-state index contributed by atoms with van der Waals surface area (Å²) >= 11 is 0. The molecular weight excluding hydrogens is 288 g/mol. The second kappa shape index (κ2) is 8.61. The van der Waals surface area contributed by atoms with E-state index in [2.05, 4.69) is 4.74 Å². The lowest BCUT2D eigenvalue weighted by Gasteiger charge is -2.20. The molecule has 118 valence electrons. The Morgan fingerprint density at radius 1 is 0.955 bits per heavy atom. The fourth-order valence-corrected chi connectivity index (χ4v) is 1.40. The van der Waals surface area contributed by atoms with E-state index in [0.29, 0.717) is 5.56 Å². The van der Waals surface area contributed by atoms with Gasteiger partial charge in [-0.25, -0.2) is 14.4 Å². The summed E-state index contributed by atoms with van der Waals surface area (Å²) in [5.74, 6) is -2.32. The van der Waals surface area contributed by atoms with Crippen molar-refractivity contribution in [1.82, 2.24) is 0 Å². The van der Waals surface area contributed by atoms with Crippen LogP contribution in [-0.2, 0) is 23.8 Å². The molecule has 6 heteroatoms. The number of hydrogen-bond donors (Lipinski definition) is 0. The molecule has 1 atom stereocenters. The van der Waals surface area contributed by atoms with E-state index < -0.39 is 24.2 Å². The summed E-state index contributed by atoms with van der Waals surface area (Å²) in [6.45, 7) is 3.47. The highest BCUT2D eigenvalue weighted by Crippen LogP contribution is 2.12. The van der Waals surface area contributed by atoms with Gasteiger partial charge >= 0.3 is 17.9 Å². The van der Waals surface area contributed by atoms with Gasteiger partial charge in [0, 0.05) is 18.1 Å². The maximum Gasteiger partial charge on any atom is 0.341 e. The SMILES string of the molecule is COC(=O)/C=C/C(=O)OC(OC(=O)c1ccccc1)C(C)C. The first-order chi connectivity index (χ1) is 10.4. The molecule has 1 aromatic rings. The minimum Gasteiger partial charge on any atom is -0.466 e. The third-order valence-electron chi connectivity index (χ3n) is 2.57. The third kappa shape index (κ3) is 5.78. The van der Waals surface area contributed by atoms with Crippen LogP contribution in [0.4, 0.5) is 0 Å². The van der Waals surface area contributed by atoms with Gasteiger partial charge in [-0.15, -0.1) is 0 Å². The van der Waals surface area contributed by atoms with Crippen LogP contribution in [0.1, 0.15) is 24.2 Å². The van der Waals surface area contributed by atoms with Crippen molar-refractivity contribution in [2.45, 2.75) is 20.1 Å². The Hall–Kier alpha value is -2.63. The van der Waals surface area contributed by atoms with Crippen molar-refractivity contribution < 1.29 is 28.6 Å². The number of methoxy groups -OCH3 is 1. The standard InChI is InChI=1S/C16H18O6/c1-11(2)16(21-14(18)10-9-13(17)20-3)22-15(19)12-7-5-4-6-8-12/h4-11,16H,1-3H3/b10-9+. The second-order valence-corrected chi connectivity index (χ2v) is 4.68. The fraction of sp³-hybridized carbons (Fsp3) is 0.312. The Morgan fingerprint density at radius 3 is 2.09 bits per heavy atom. The number of hydrogen-bond acceptors (Lipinski definition) is 6. The molecule has 0 saturated carbocycles. The average Bonchev–Trinajstić information content (AvgIpc) is 2.52. The van der Waals surface area contributed by atoms with Gasteiger partial charge in [0.25, 0.3) is 0 Å². The van der Waals surface area contributed by atoms with Crippen molar-refractivity contribution in [2.75, 3.05) is 7.11 Å². The van der Waals surface area contributed by atoms with Crippen molar-refractivity contribution in [1.29, 1.82) is 0 Å². The van der Waals surface area contributed by atoms with Crippen LogP contribution < -0.4 is 0 Å². The number of esters is 3. The Labute approximate surface area is 128 Å². The van der Waals surface area contributed by atoms with Crippen molar-refractivity contribution in [3.05, 3.63) is 48.0 Å². The molecule has 0 spiro atoms. The van der Waals surface area contributed by atoms with Crippen LogP contribution in [0.2, 0.25) is 0 Å². The van der Waals surface area contributed by atoms with E-state index in [9.17, 15) is 14.4 Å². The zero-order valence-electron chi connectivity index (χ0n) is 12.6. The lowest BCUT2D eigenvalue weighted by atomic mass is 10.2. The van der Waals surface area contributed by atoms with Gasteiger partial charge < -0.3 is 14.2 Å². The number of rotatable bonds is 6. The number of carbonyl (C=O) groups excluding carboxylic acids is 3. The summed E-state index contributed by atoms with van der Waals surface area (Å²) in [7, 11) is 1.19. The number of benzene rings is 1. The lowest BCUT2D eigenvalue weighted by molar-refractivity contribution is -0.170. The normalized spacial score (nSPS) is 12.0. The maximum absolute atomic E-state index is 11.9. The van der Waals surface area contributed by atoms with Gasteiger partial charge in [-0.05, 0) is 12.1 Å². The minimum absolute atomic E-state index is 0.247. The summed E-state index contributed by atoms with van der Waals surface area (Å²) in [4.78, 5) is 34.4. The highest BCUT2D eigenvalue weighted by atomic mass is 16.7. The van der Waals surface area contributed by atoms with Crippen molar-refractivity contribution in [3.8, 4) is 0 Å². The smallest absolute Gasteiger partial charge is 0.341 e. The van der Waals surface area contributed by atoms with Crippen LogP contribution >= 0.6 is 0 Å². The molecule has 1 rings (SSSR count). The van der Waals surface area contributed by atoms with E-state index in [1.807, 2.05) is 0 Å². The van der Waals surface area contributed by atoms with E-state index in [4.69, 9.17) is 9.47 Å². The molecule has 22 heavy (non-hydrogen) atoms. The quantitative estimate of drug-likeness (QED) is 0.455. The molecule has 0 radical (unpaired) electrons. The minimum atomic E-state index is -1.05. The topological polar surface area (TPSA) is 78.9 Å². The van der Waals surface area contributed by atoms with Gasteiger partial charge in [0.1, 0.15) is 0 Å². The molecule has 1 unspecified atom stereocenters. The van der Waals surface area contributed by atoms with E-state index in [0.717, 1.165) is 12.2 Å². The van der Waals surface area contributed by atoms with Crippen LogP contribution in [0.25, 0.3) is 0 Å². The number of ether oxygens (including phenoxy) is 3. The molecule has 0 amide bonds. The highest BCUT2D eigenvalue weighted by molar-refractivity contribution is 5.92. The van der Waals surface area contributed by atoms with Crippen molar-refractivity contribution in [2.24, 2.45) is 5.92 Å². The Balaban J connectivity index is 2.66. The van der Waals surface area contributed by atoms with Gasteiger partial charge in [-0.2, -0.15) is 0 Å². The lowest BCUT2D eigenvalue weighted by Crippen LogP contribution is -2.29. The van der Waals surface area contributed by atoms with E-state index in [-0.39, 0.29) is 5.92 Å². The molecule has 0 heterocycles. The summed E-state index contributed by atoms with van der Waals surface area (Å²) in [5, 5.41) is 0. The van der Waals surface area contributed by atoms with E-state index >= 15 is 0 Å². The molecule has 0 bridgehead atoms. The van der Waals surface area contributed by atoms with Crippen LogP contribution in [0.15, 0.2) is 42.5 Å². The van der Waals surface area contributed by atoms with Crippen LogP contribution in [-0.4, -0.2) is 31.3 Å². The molecule has 0 saturated heterocycles. The van der Waals surface area contributed by atoms with Gasteiger partial charge in [-0.3, -0.25) is 0 Å². The highest BCUT2D eigenvalue weighted by Gasteiger charge is 2.22. The van der Waals surface area contributed by atoms with E-state index in [1.165, 1.54) is 7.11 Å². The summed E-state index contributed by atoms with van der Waals surface area (Å²) in [6, 6.07) is 8.36. The summed E-state index contributed by atoms with van der Waals surface area (Å²) < 4.78 is 14.5. The predicted octanol–water partition coefficient (Wildman–Crippen LogP) is 2.10. The molecular formula is C16H18O6. The Bertz CT molecular complexity index is 547. The third-order valence-corrected chi connectivity index (χ3v) is 2.57. The van der Waals surface area contributed by atoms with Crippen molar-refractivity contribution in [3.63, 3.8) is 0 Å². The number of carbonyl (C=O) groups is 3. The predicted molar refractivity (Wildman–Crippen MR) is 77.7 cm³/mol. The largest absolute Gasteiger partial charge is 0.466 e. The van der Waals surface area contributed by atoms with Crippen LogP contribution in [0, 0.1) is 5.92 Å². The molecule has 6 nitrogen and oxygen atoms in total. The molecule has 0 fully saturated rings. The summed E-state index contributed by atoms with van der Waals surface area (Å²) in [5.41, 5.74) is 0.356. The Morgan fingerprint density at radius 2 is 1.55 bits per heavy atom. The first kappa shape index (κ1) is 17.4. The zero-order valence-corrected chi connectivity index (χ0v) is 12.6. The fourth-order valence-electron chi connectivity index (χ4n) is 1.40. The Kier molecular flexibility index (Phi) is 6.82. The van der Waals surface area contributed by atoms with Crippen LogP contribution in [0.3, 0.4) is 0 Å². The van der Waals surface area contributed by atoms with Gasteiger partial charge in [0.05, 0.1) is 12.7 Å². The molecule has 0 N–H and O–H groups in total. The first-order valence-corrected chi connectivity index (χ1v) is 6.66. The van der Waals surface area contributed by atoms with Gasteiger partial charge in [0.15, 0.2) is 0 Å². The van der Waals surface area contributed by atoms with E-state index in [1.54, 1.807) is 44.2 Å². The molecule has 0 aliphatic rings. The molecule has 0 aromatic heterocycles. The zero-order chi connectivity index (χ0) is 16.5. The van der Waals surface area contributed by atoms with Gasteiger partial charge in [-0.1, -0.05) is 32.0 Å². The van der Waals surface area contributed by atoms with Crippen LogP contribution in [0.5, 0.6) is 0 Å². The average molecular weight is 306 g/mol. The summed E-state index contributed by atoms with van der Waals surface area (Å²) in [6.07, 6.45) is 0.790. The molecule has 0 aliphatic carbocycles.